The van der Waals surface area contributed by atoms with Crippen LogP contribution in [0, 0.1) is 11.8 Å². The van der Waals surface area contributed by atoms with Crippen molar-refractivity contribution in [2.24, 2.45) is 11.8 Å². The number of nitrogens with zero attached hydrogens (tertiary/aromatic N) is 1. The van der Waals surface area contributed by atoms with Crippen LogP contribution in [-0.4, -0.2) is 35.0 Å². The van der Waals surface area contributed by atoms with Gasteiger partial charge in [-0.2, -0.15) is 13.2 Å². The van der Waals surface area contributed by atoms with Crippen LogP contribution in [0.15, 0.2) is 24.3 Å². The molecule has 3 atom stereocenters. The number of carbonyl (C=O) groups excluding carboxylic acids is 1. The summed E-state index contributed by atoms with van der Waals surface area (Å²) in [7, 11) is 0. The predicted molar refractivity (Wildman–Crippen MR) is 79.2 cm³/mol. The van der Waals surface area contributed by atoms with Crippen LogP contribution < -0.4 is 0 Å². The quantitative estimate of drug-likeness (QED) is 0.919. The van der Waals surface area contributed by atoms with E-state index in [9.17, 15) is 22.8 Å². The van der Waals surface area contributed by atoms with Crippen LogP contribution in [0.2, 0.25) is 0 Å². The van der Waals surface area contributed by atoms with Gasteiger partial charge < -0.3 is 10.0 Å². The number of carboxylic acid groups (broad SMARTS) is 1. The van der Waals surface area contributed by atoms with E-state index in [0.29, 0.717) is 25.8 Å². The van der Waals surface area contributed by atoms with Crippen molar-refractivity contribution < 1.29 is 27.9 Å². The van der Waals surface area contributed by atoms with E-state index in [2.05, 4.69) is 0 Å². The molecule has 1 saturated heterocycles. The normalized spacial score (nSPS) is 27.0. The largest absolute Gasteiger partial charge is 0.481 e. The molecule has 1 aromatic carbocycles. The first kappa shape index (κ1) is 16.8. The van der Waals surface area contributed by atoms with Crippen molar-refractivity contribution in [2.75, 3.05) is 13.1 Å². The molecular weight excluding hydrogens is 323 g/mol. The second kappa shape index (κ2) is 6.11. The lowest BCUT2D eigenvalue weighted by Gasteiger charge is -2.31. The third-order valence-corrected chi connectivity index (χ3v) is 4.86. The molecule has 1 aliphatic heterocycles. The van der Waals surface area contributed by atoms with E-state index in [1.54, 1.807) is 4.90 Å². The highest BCUT2D eigenvalue weighted by Crippen LogP contribution is 2.49. The van der Waals surface area contributed by atoms with Crippen LogP contribution in [0.25, 0.3) is 0 Å². The molecule has 0 spiro atoms. The minimum absolute atomic E-state index is 0.0648. The summed E-state index contributed by atoms with van der Waals surface area (Å²) in [5, 5.41) is 9.08. The highest BCUT2D eigenvalue weighted by molar-refractivity contribution is 5.84. The highest BCUT2D eigenvalue weighted by Gasteiger charge is 2.46. The molecule has 1 N–H and O–H groups in total. The van der Waals surface area contributed by atoms with Crippen molar-refractivity contribution in [1.82, 2.24) is 4.90 Å². The number of piperidine rings is 1. The second-order valence-electron chi connectivity index (χ2n) is 6.53. The third kappa shape index (κ3) is 3.39. The Morgan fingerprint density at radius 3 is 2.42 bits per heavy atom. The molecule has 3 rings (SSSR count). The summed E-state index contributed by atoms with van der Waals surface area (Å²) in [6, 6.07) is 4.93. The highest BCUT2D eigenvalue weighted by atomic mass is 19.4. The number of carbonyl (C=O) groups is 2. The van der Waals surface area contributed by atoms with Gasteiger partial charge in [-0.15, -0.1) is 0 Å². The minimum atomic E-state index is -4.36. The van der Waals surface area contributed by atoms with Gasteiger partial charge in [0.05, 0.1) is 11.5 Å². The number of hydrogen-bond donors (Lipinski definition) is 1. The maximum atomic E-state index is 12.6. The fourth-order valence-corrected chi connectivity index (χ4v) is 3.37. The number of halogens is 3. The molecule has 1 heterocycles. The number of alkyl halides is 3. The summed E-state index contributed by atoms with van der Waals surface area (Å²) < 4.78 is 37.7. The first-order valence-corrected chi connectivity index (χ1v) is 7.96. The number of likely N-dealkylation sites (tertiary alicyclic amines) is 1. The molecule has 2 unspecified atom stereocenters. The lowest BCUT2D eigenvalue weighted by molar-refractivity contribution is -0.146. The van der Waals surface area contributed by atoms with Crippen molar-refractivity contribution in [3.8, 4) is 0 Å². The average molecular weight is 341 g/mol. The molecule has 24 heavy (non-hydrogen) atoms. The van der Waals surface area contributed by atoms with Crippen molar-refractivity contribution in [3.05, 3.63) is 35.4 Å². The van der Waals surface area contributed by atoms with Crippen molar-refractivity contribution in [1.29, 1.82) is 0 Å². The lowest BCUT2D eigenvalue weighted by Crippen LogP contribution is -2.43. The van der Waals surface area contributed by atoms with Gasteiger partial charge in [-0.1, -0.05) is 12.1 Å². The van der Waals surface area contributed by atoms with Gasteiger partial charge in [-0.3, -0.25) is 9.59 Å². The monoisotopic (exact) mass is 341 g/mol. The maximum absolute atomic E-state index is 12.6. The van der Waals surface area contributed by atoms with E-state index in [1.165, 1.54) is 12.1 Å². The molecule has 1 saturated carbocycles. The zero-order valence-electron chi connectivity index (χ0n) is 12.9. The van der Waals surface area contributed by atoms with Crippen LogP contribution in [0.5, 0.6) is 0 Å². The first-order valence-electron chi connectivity index (χ1n) is 7.96. The van der Waals surface area contributed by atoms with E-state index in [-0.39, 0.29) is 24.3 Å². The summed E-state index contributed by atoms with van der Waals surface area (Å²) in [5.74, 6) is -1.79. The zero-order chi connectivity index (χ0) is 17.5. The summed E-state index contributed by atoms with van der Waals surface area (Å²) in [6.45, 7) is 0.781. The van der Waals surface area contributed by atoms with E-state index in [4.69, 9.17) is 5.11 Å². The molecule has 1 aromatic rings. The van der Waals surface area contributed by atoms with E-state index in [1.807, 2.05) is 0 Å². The summed E-state index contributed by atoms with van der Waals surface area (Å²) in [6.07, 6.45) is -2.51. The van der Waals surface area contributed by atoms with Gasteiger partial charge in [0.1, 0.15) is 0 Å². The van der Waals surface area contributed by atoms with Gasteiger partial charge >= 0.3 is 12.1 Å². The molecule has 0 aromatic heterocycles. The first-order chi connectivity index (χ1) is 11.3. The Kier molecular flexibility index (Phi) is 4.27. The number of aliphatic carboxylic acids is 1. The number of carboxylic acids is 1. The predicted octanol–water partition coefficient (Wildman–Crippen LogP) is 3.13. The van der Waals surface area contributed by atoms with Crippen LogP contribution in [-0.2, 0) is 15.8 Å². The van der Waals surface area contributed by atoms with Gasteiger partial charge in [0.2, 0.25) is 5.91 Å². The lowest BCUT2D eigenvalue weighted by atomic mass is 9.97. The fourth-order valence-electron chi connectivity index (χ4n) is 3.37. The Labute approximate surface area is 137 Å². The Morgan fingerprint density at radius 1 is 1.17 bits per heavy atom. The maximum Gasteiger partial charge on any atom is 0.416 e. The van der Waals surface area contributed by atoms with Crippen molar-refractivity contribution in [3.63, 3.8) is 0 Å². The topological polar surface area (TPSA) is 57.6 Å². The fraction of sp³-hybridized carbons (Fsp3) is 0.529. The summed E-state index contributed by atoms with van der Waals surface area (Å²) >= 11 is 0. The van der Waals surface area contributed by atoms with Crippen molar-refractivity contribution in [2.45, 2.75) is 31.4 Å². The van der Waals surface area contributed by atoms with Gasteiger partial charge in [-0.05, 0) is 42.9 Å². The number of benzene rings is 1. The van der Waals surface area contributed by atoms with E-state index in [0.717, 1.165) is 17.7 Å². The molecule has 2 aliphatic rings. The number of amides is 1. The molecule has 2 fully saturated rings. The van der Waals surface area contributed by atoms with Gasteiger partial charge in [0, 0.05) is 19.0 Å². The van der Waals surface area contributed by atoms with Crippen LogP contribution in [0.4, 0.5) is 13.2 Å². The van der Waals surface area contributed by atoms with Crippen molar-refractivity contribution >= 4 is 11.9 Å². The Bertz CT molecular complexity index is 641. The van der Waals surface area contributed by atoms with Gasteiger partial charge in [0.15, 0.2) is 0 Å². The second-order valence-corrected chi connectivity index (χ2v) is 6.53. The molecular formula is C17H18F3NO3. The summed E-state index contributed by atoms with van der Waals surface area (Å²) in [5.41, 5.74) is 0.0308. The van der Waals surface area contributed by atoms with Gasteiger partial charge in [-0.25, -0.2) is 0 Å². The van der Waals surface area contributed by atoms with E-state index < -0.39 is 23.6 Å². The Morgan fingerprint density at radius 2 is 1.83 bits per heavy atom. The SMILES string of the molecule is O=C(O)[C@H]1CCCN(C(=O)C2CC2c2ccc(C(F)(F)F)cc2)C1. The molecule has 0 radical (unpaired) electrons. The van der Waals surface area contributed by atoms with Crippen LogP contribution >= 0.6 is 0 Å². The molecule has 1 amide bonds. The number of hydrogen-bond acceptors (Lipinski definition) is 2. The third-order valence-electron chi connectivity index (χ3n) is 4.86. The average Bonchev–Trinajstić information content (AvgIpc) is 3.34. The molecule has 130 valence electrons. The smallest absolute Gasteiger partial charge is 0.416 e. The van der Waals surface area contributed by atoms with Crippen LogP contribution in [0.1, 0.15) is 36.3 Å². The number of rotatable bonds is 3. The van der Waals surface area contributed by atoms with Crippen LogP contribution in [0.3, 0.4) is 0 Å². The zero-order valence-corrected chi connectivity index (χ0v) is 12.9. The summed E-state index contributed by atoms with van der Waals surface area (Å²) in [4.78, 5) is 25.2. The van der Waals surface area contributed by atoms with Gasteiger partial charge in [0.25, 0.3) is 0 Å². The molecule has 4 nitrogen and oxygen atoms in total. The molecule has 7 heteroatoms. The van der Waals surface area contributed by atoms with E-state index >= 15 is 0 Å². The standard InChI is InChI=1S/C17H18F3NO3/c18-17(19,20)12-5-3-10(4-6-12)13-8-14(13)15(22)21-7-1-2-11(9-21)16(23)24/h3-6,11,13-14H,1-2,7-9H2,(H,23,24)/t11-,13?,14?/m0/s1. The molecule has 1 aliphatic carbocycles. The Hall–Kier alpha value is -2.05. The minimum Gasteiger partial charge on any atom is -0.481 e. The Balaban J connectivity index is 1.62. The molecule has 0 bridgehead atoms.